The Morgan fingerprint density at radius 1 is 0.900 bits per heavy atom. The Morgan fingerprint density at radius 3 is 2.03 bits per heavy atom. The maximum absolute atomic E-state index is 13.0. The van der Waals surface area contributed by atoms with Crippen molar-refractivity contribution in [2.24, 2.45) is 0 Å². The van der Waals surface area contributed by atoms with Gasteiger partial charge in [-0.1, -0.05) is 54.1 Å². The Labute approximate surface area is 180 Å². The van der Waals surface area contributed by atoms with Crippen LogP contribution in [0.5, 0.6) is 0 Å². The smallest absolute Gasteiger partial charge is 0.240 e. The fraction of sp³-hybridized carbons (Fsp3) is 0.200. The standard InChI is InChI=1S/C25H23ClN2O2/c1-25(2,15-17-9-3-6-12-20(17)26)27-23(29)16-28-21-13-7-4-10-18(21)24(30)19-11-5-8-14-22(19)28/h3-14H,15-16H2,1-2H3,(H,27,29). The molecule has 0 radical (unpaired) electrons. The fourth-order valence-electron chi connectivity index (χ4n) is 3.97. The molecule has 30 heavy (non-hydrogen) atoms. The number of hydrogen-bond donors (Lipinski definition) is 1. The second kappa shape index (κ2) is 7.96. The summed E-state index contributed by atoms with van der Waals surface area (Å²) in [6.45, 7) is 4.08. The second-order valence-electron chi connectivity index (χ2n) is 8.15. The topological polar surface area (TPSA) is 51.1 Å². The maximum Gasteiger partial charge on any atom is 0.240 e. The van der Waals surface area contributed by atoms with E-state index >= 15 is 0 Å². The summed E-state index contributed by atoms with van der Waals surface area (Å²) in [6.07, 6.45) is 0.615. The molecule has 0 fully saturated rings. The Hall–Kier alpha value is -3.11. The summed E-state index contributed by atoms with van der Waals surface area (Å²) in [5, 5.41) is 5.04. The Morgan fingerprint density at radius 2 is 1.43 bits per heavy atom. The average molecular weight is 419 g/mol. The van der Waals surface area contributed by atoms with Crippen LogP contribution in [0.2, 0.25) is 5.02 Å². The third kappa shape index (κ3) is 3.96. The van der Waals surface area contributed by atoms with Gasteiger partial charge in [0.1, 0.15) is 6.54 Å². The van der Waals surface area contributed by atoms with Crippen molar-refractivity contribution in [2.45, 2.75) is 32.4 Å². The van der Waals surface area contributed by atoms with Gasteiger partial charge in [0.25, 0.3) is 0 Å². The number of nitrogens with one attached hydrogen (secondary N) is 1. The number of pyridine rings is 1. The number of nitrogens with zero attached hydrogens (tertiary/aromatic N) is 1. The van der Waals surface area contributed by atoms with Crippen LogP contribution in [-0.2, 0) is 17.8 Å². The largest absolute Gasteiger partial charge is 0.349 e. The molecule has 0 saturated carbocycles. The van der Waals surface area contributed by atoms with Crippen molar-refractivity contribution < 1.29 is 4.79 Å². The molecule has 0 aliphatic carbocycles. The lowest BCUT2D eigenvalue weighted by Crippen LogP contribution is -2.46. The predicted octanol–water partition coefficient (Wildman–Crippen LogP) is 4.95. The number of amides is 1. The van der Waals surface area contributed by atoms with E-state index in [4.69, 9.17) is 11.6 Å². The summed E-state index contributed by atoms with van der Waals surface area (Å²) in [7, 11) is 0. The summed E-state index contributed by atoms with van der Waals surface area (Å²) >= 11 is 6.30. The van der Waals surface area contributed by atoms with E-state index in [1.165, 1.54) is 0 Å². The fourth-order valence-corrected chi connectivity index (χ4v) is 4.17. The van der Waals surface area contributed by atoms with Gasteiger partial charge in [0.15, 0.2) is 5.43 Å². The summed E-state index contributed by atoms with van der Waals surface area (Å²) in [4.78, 5) is 25.9. The molecule has 1 aromatic heterocycles. The van der Waals surface area contributed by atoms with Crippen LogP contribution in [0, 0.1) is 0 Å². The highest BCUT2D eigenvalue weighted by atomic mass is 35.5. The minimum atomic E-state index is -0.479. The predicted molar refractivity (Wildman–Crippen MR) is 123 cm³/mol. The van der Waals surface area contributed by atoms with Gasteiger partial charge < -0.3 is 9.88 Å². The van der Waals surface area contributed by atoms with Crippen molar-refractivity contribution in [2.75, 3.05) is 0 Å². The van der Waals surface area contributed by atoms with Gasteiger partial charge in [0.05, 0.1) is 11.0 Å². The molecule has 4 nitrogen and oxygen atoms in total. The monoisotopic (exact) mass is 418 g/mol. The molecule has 5 heteroatoms. The van der Waals surface area contributed by atoms with Gasteiger partial charge in [-0.3, -0.25) is 9.59 Å². The number of rotatable bonds is 5. The number of carbonyl (C=O) groups excluding carboxylic acids is 1. The van der Waals surface area contributed by atoms with E-state index in [9.17, 15) is 9.59 Å². The van der Waals surface area contributed by atoms with Gasteiger partial charge in [0.2, 0.25) is 5.91 Å². The minimum Gasteiger partial charge on any atom is -0.349 e. The van der Waals surface area contributed by atoms with Crippen molar-refractivity contribution >= 4 is 39.3 Å². The number of hydrogen-bond acceptors (Lipinski definition) is 2. The van der Waals surface area contributed by atoms with E-state index in [-0.39, 0.29) is 17.9 Å². The highest BCUT2D eigenvalue weighted by Gasteiger charge is 2.23. The second-order valence-corrected chi connectivity index (χ2v) is 8.56. The summed E-state index contributed by atoms with van der Waals surface area (Å²) in [5.41, 5.74) is 1.99. The van der Waals surface area contributed by atoms with Crippen molar-refractivity contribution in [3.8, 4) is 0 Å². The van der Waals surface area contributed by atoms with Crippen LogP contribution in [-0.4, -0.2) is 16.0 Å². The summed E-state index contributed by atoms with van der Waals surface area (Å²) in [6, 6.07) is 22.5. The molecule has 152 valence electrons. The van der Waals surface area contributed by atoms with Crippen molar-refractivity contribution in [3.63, 3.8) is 0 Å². The van der Waals surface area contributed by atoms with E-state index in [0.29, 0.717) is 22.2 Å². The molecule has 0 saturated heterocycles. The molecule has 0 aliphatic rings. The van der Waals surface area contributed by atoms with Gasteiger partial charge in [-0.15, -0.1) is 0 Å². The number of benzene rings is 3. The van der Waals surface area contributed by atoms with E-state index in [1.54, 1.807) is 12.1 Å². The molecule has 0 spiro atoms. The van der Waals surface area contributed by atoms with Gasteiger partial charge in [0, 0.05) is 21.3 Å². The molecule has 0 aliphatic heterocycles. The first-order valence-electron chi connectivity index (χ1n) is 9.90. The van der Waals surface area contributed by atoms with Crippen molar-refractivity contribution in [1.29, 1.82) is 0 Å². The van der Waals surface area contributed by atoms with E-state index in [2.05, 4.69) is 5.32 Å². The zero-order valence-electron chi connectivity index (χ0n) is 17.0. The molecule has 3 aromatic carbocycles. The van der Waals surface area contributed by atoms with Crippen LogP contribution in [0.3, 0.4) is 0 Å². The van der Waals surface area contributed by atoms with Crippen LogP contribution < -0.4 is 10.7 Å². The van der Waals surface area contributed by atoms with E-state index in [0.717, 1.165) is 16.6 Å². The normalized spacial score (nSPS) is 11.7. The number of aromatic nitrogens is 1. The van der Waals surface area contributed by atoms with Gasteiger partial charge in [-0.2, -0.15) is 0 Å². The lowest BCUT2D eigenvalue weighted by Gasteiger charge is -2.27. The van der Waals surface area contributed by atoms with Crippen LogP contribution in [0.25, 0.3) is 21.8 Å². The highest BCUT2D eigenvalue weighted by Crippen LogP contribution is 2.22. The number of para-hydroxylation sites is 2. The van der Waals surface area contributed by atoms with Crippen molar-refractivity contribution in [3.05, 3.63) is 93.6 Å². The zero-order chi connectivity index (χ0) is 21.3. The van der Waals surface area contributed by atoms with Crippen molar-refractivity contribution in [1.82, 2.24) is 9.88 Å². The average Bonchev–Trinajstić information content (AvgIpc) is 2.72. The van der Waals surface area contributed by atoms with Gasteiger partial charge >= 0.3 is 0 Å². The third-order valence-corrected chi connectivity index (χ3v) is 5.62. The molecule has 0 bridgehead atoms. The quantitative estimate of drug-likeness (QED) is 0.466. The molecule has 1 N–H and O–H groups in total. The molecule has 4 aromatic rings. The van der Waals surface area contributed by atoms with E-state index < -0.39 is 5.54 Å². The van der Waals surface area contributed by atoms with Crippen LogP contribution in [0.1, 0.15) is 19.4 Å². The van der Waals surface area contributed by atoms with E-state index in [1.807, 2.05) is 79.1 Å². The van der Waals surface area contributed by atoms with Crippen LogP contribution in [0.15, 0.2) is 77.6 Å². The van der Waals surface area contributed by atoms with Gasteiger partial charge in [-0.25, -0.2) is 0 Å². The molecule has 1 heterocycles. The van der Waals surface area contributed by atoms with Gasteiger partial charge in [-0.05, 0) is 56.2 Å². The molecule has 0 unspecified atom stereocenters. The molecular weight excluding hydrogens is 396 g/mol. The molecule has 0 atom stereocenters. The Balaban J connectivity index is 1.67. The maximum atomic E-state index is 13.0. The Kier molecular flexibility index (Phi) is 5.35. The third-order valence-electron chi connectivity index (χ3n) is 5.25. The number of fused-ring (bicyclic) bond motifs is 2. The van der Waals surface area contributed by atoms with Crippen LogP contribution in [0.4, 0.5) is 0 Å². The van der Waals surface area contributed by atoms with Crippen LogP contribution >= 0.6 is 11.6 Å². The zero-order valence-corrected chi connectivity index (χ0v) is 17.7. The first-order chi connectivity index (χ1) is 14.4. The molecule has 4 rings (SSSR count). The Bertz CT molecular complexity index is 1250. The lowest BCUT2D eigenvalue weighted by molar-refractivity contribution is -0.123. The lowest BCUT2D eigenvalue weighted by atomic mass is 9.95. The molecule has 1 amide bonds. The first kappa shape index (κ1) is 20.2. The SMILES string of the molecule is CC(C)(Cc1ccccc1Cl)NC(=O)Cn1c2ccccc2c(=O)c2ccccc21. The first-order valence-corrected chi connectivity index (χ1v) is 10.3. The summed E-state index contributed by atoms with van der Waals surface area (Å²) < 4.78 is 1.91. The summed E-state index contributed by atoms with van der Waals surface area (Å²) in [5.74, 6) is -0.119. The minimum absolute atomic E-state index is 0.0168. The molecular formula is C25H23ClN2O2. The number of carbonyl (C=O) groups is 1. The number of halogens is 1. The highest BCUT2D eigenvalue weighted by molar-refractivity contribution is 6.31.